The number of aromatic nitrogens is 2. The van der Waals surface area contributed by atoms with E-state index in [4.69, 9.17) is 30.0 Å². The van der Waals surface area contributed by atoms with E-state index in [9.17, 15) is 0 Å². The molecule has 36 heavy (non-hydrogen) atoms. The second-order valence-corrected chi connectivity index (χ2v) is 9.45. The normalized spacial score (nSPS) is 26.4. The second-order valence-electron chi connectivity index (χ2n) is 9.45. The fourth-order valence-electron chi connectivity index (χ4n) is 5.48. The van der Waals surface area contributed by atoms with Gasteiger partial charge in [0.1, 0.15) is 7.05 Å². The van der Waals surface area contributed by atoms with Crippen molar-refractivity contribution >= 4 is 22.1 Å². The lowest BCUT2D eigenvalue weighted by Crippen LogP contribution is -2.32. The molecule has 2 atom stereocenters. The molecule has 3 heterocycles. The molecule has 0 radical (unpaired) electrons. The number of benzene rings is 2. The molecule has 1 aliphatic rings. The van der Waals surface area contributed by atoms with Gasteiger partial charge in [0.15, 0.2) is 11.8 Å². The first-order valence-corrected chi connectivity index (χ1v) is 11.7. The highest BCUT2D eigenvalue weighted by Crippen LogP contribution is 2.53. The average molecular weight is 491 g/mol. The third-order valence-corrected chi connectivity index (χ3v) is 7.34. The molecule has 5 aromatic rings. The van der Waals surface area contributed by atoms with Crippen LogP contribution in [0.15, 0.2) is 59.1 Å². The van der Waals surface area contributed by atoms with Crippen molar-refractivity contribution in [3.8, 4) is 22.4 Å². The van der Waals surface area contributed by atoms with Crippen molar-refractivity contribution in [3.63, 3.8) is 0 Å². The monoisotopic (exact) mass is 490 g/mol. The molecular weight excluding hydrogens is 440 g/mol. The van der Waals surface area contributed by atoms with E-state index in [0.29, 0.717) is 38.7 Å². The van der Waals surface area contributed by atoms with Gasteiger partial charge in [0.05, 0.1) is 11.3 Å². The maximum atomic E-state index is 9.03. The summed E-state index contributed by atoms with van der Waals surface area (Å²) in [5.74, 6) is -2.25. The van der Waals surface area contributed by atoms with Crippen LogP contribution in [-0.4, -0.2) is 4.98 Å². The minimum absolute atomic E-state index is 0.0175. The van der Waals surface area contributed by atoms with Crippen molar-refractivity contribution in [2.45, 2.75) is 65.4 Å². The first kappa shape index (κ1) is 11.7. The lowest BCUT2D eigenvalue weighted by molar-refractivity contribution is -0.660. The molecule has 0 saturated heterocycles. The summed E-state index contributed by atoms with van der Waals surface area (Å²) in [6, 6.07) is 13.1. The van der Waals surface area contributed by atoms with Gasteiger partial charge in [-0.25, -0.2) is 9.55 Å². The molecule has 3 aromatic heterocycles. The van der Waals surface area contributed by atoms with Crippen LogP contribution < -0.4 is 4.57 Å². The van der Waals surface area contributed by atoms with Crippen molar-refractivity contribution in [1.29, 1.82) is 0 Å². The van der Waals surface area contributed by atoms with Crippen molar-refractivity contribution in [1.82, 2.24) is 4.98 Å². The Morgan fingerprint density at radius 1 is 1.11 bits per heavy atom. The molecule has 0 spiro atoms. The van der Waals surface area contributed by atoms with Gasteiger partial charge in [-0.3, -0.25) is 0 Å². The van der Waals surface area contributed by atoms with Gasteiger partial charge in [0.2, 0.25) is 11.4 Å². The predicted octanol–water partition coefficient (Wildman–Crippen LogP) is 8.30. The smallest absolute Gasteiger partial charge is 0.227 e. The Morgan fingerprint density at radius 3 is 2.81 bits per heavy atom. The Balaban J connectivity index is 1.70. The van der Waals surface area contributed by atoms with Crippen LogP contribution in [0.2, 0.25) is 0 Å². The van der Waals surface area contributed by atoms with Crippen LogP contribution in [0.4, 0.5) is 0 Å². The molecule has 0 aliphatic heterocycles. The summed E-state index contributed by atoms with van der Waals surface area (Å²) in [4.78, 5) is 4.75. The Bertz CT molecular complexity index is 2220. The molecule has 0 saturated carbocycles. The topological polar surface area (TPSA) is 29.9 Å². The Morgan fingerprint density at radius 2 is 2.00 bits per heavy atom. The molecule has 0 amide bonds. The Hall–Kier alpha value is -3.46. The quantitative estimate of drug-likeness (QED) is 0.237. The number of pyridine rings is 2. The number of rotatable bonds is 4. The van der Waals surface area contributed by atoms with Gasteiger partial charge in [-0.05, 0) is 60.8 Å². The highest BCUT2D eigenvalue weighted by atomic mass is 16.3. The zero-order chi connectivity index (χ0) is 38.1. The third kappa shape index (κ3) is 2.98. The van der Waals surface area contributed by atoms with Gasteiger partial charge in [-0.1, -0.05) is 63.9 Å². The fraction of sp³-hybridized carbons (Fsp3) is 0.333. The van der Waals surface area contributed by atoms with E-state index in [1.165, 1.54) is 22.9 Å². The molecular formula is C33H35N2O+. The fourth-order valence-corrected chi connectivity index (χ4v) is 5.48. The first-order valence-electron chi connectivity index (χ1n) is 19.2. The average Bonchev–Trinajstić information content (AvgIpc) is 3.47. The lowest BCUT2D eigenvalue weighted by Gasteiger charge is -2.28. The summed E-state index contributed by atoms with van der Waals surface area (Å²) in [7, 11) is 1.60. The maximum Gasteiger partial charge on any atom is 0.227 e. The summed E-state index contributed by atoms with van der Waals surface area (Å²) in [5, 5.41) is 1.01. The molecule has 1 aliphatic carbocycles. The molecule has 182 valence electrons. The van der Waals surface area contributed by atoms with E-state index in [1.54, 1.807) is 50.4 Å². The standard InChI is InChI=1S/C33H35N2O/c1-8-33(9-2)27-13-11-10-12-22(27)24-17-25-23-15-14-20(5)29(30(23)36-32(25)34-31(24)33)28-16-21(6)26(19(3)4)18-35(28)7/h10-19H,8-9H2,1-7H3/q+1/i1D3,2D3,3D3,6D3,8D2,19D. The Labute approximate surface area is 234 Å². The number of hydrogen-bond donors (Lipinski definition) is 0. The number of fused-ring (bicyclic) bond motifs is 6. The Kier molecular flexibility index (Phi) is 2.61. The van der Waals surface area contributed by atoms with Crippen molar-refractivity contribution in [2.75, 3.05) is 0 Å². The molecule has 6 rings (SSSR count). The summed E-state index contributed by atoms with van der Waals surface area (Å²) in [5.41, 5.74) is -0.123. The molecule has 2 aromatic carbocycles. The minimum atomic E-state index is -3.25. The zero-order valence-electron chi connectivity index (χ0n) is 35.2. The summed E-state index contributed by atoms with van der Waals surface area (Å²) in [6.45, 7) is -8.72. The SMILES string of the molecule is [2H]C([2H])([2H])CC1(C([2H])([2H])C([2H])([2H])[2H])c2ccccc2-c2cc3c(nc21)oc1c(-c2cc(C([2H])([2H])[2H])c(C([2H])(C)C([2H])([2H])[2H])c[n+]2C)c(C)ccc13. The zero-order valence-corrected chi connectivity index (χ0v) is 20.2. The van der Waals surface area contributed by atoms with Gasteiger partial charge < -0.3 is 4.42 Å². The van der Waals surface area contributed by atoms with Gasteiger partial charge >= 0.3 is 0 Å². The number of aryl methyl sites for hydroxylation is 3. The van der Waals surface area contributed by atoms with Crippen molar-refractivity contribution in [3.05, 3.63) is 82.7 Å². The van der Waals surface area contributed by atoms with Crippen LogP contribution >= 0.6 is 0 Å². The van der Waals surface area contributed by atoms with Crippen molar-refractivity contribution < 1.29 is 29.5 Å². The van der Waals surface area contributed by atoms with Crippen LogP contribution in [0.3, 0.4) is 0 Å². The van der Waals surface area contributed by atoms with Crippen LogP contribution in [0.25, 0.3) is 44.5 Å². The highest BCUT2D eigenvalue weighted by Gasteiger charge is 2.42. The largest absolute Gasteiger partial charge is 0.437 e. The lowest BCUT2D eigenvalue weighted by atomic mass is 9.76. The second kappa shape index (κ2) is 8.03. The summed E-state index contributed by atoms with van der Waals surface area (Å²) >= 11 is 0. The first-order chi connectivity index (χ1) is 23.1. The maximum absolute atomic E-state index is 9.03. The van der Waals surface area contributed by atoms with Crippen LogP contribution in [-0.2, 0) is 12.5 Å². The van der Waals surface area contributed by atoms with Crippen LogP contribution in [0.1, 0.15) is 94.7 Å². The minimum Gasteiger partial charge on any atom is -0.437 e. The van der Waals surface area contributed by atoms with Gasteiger partial charge in [0, 0.05) is 53.9 Å². The number of hydrogen-bond acceptors (Lipinski definition) is 2. The molecule has 0 fully saturated rings. The van der Waals surface area contributed by atoms with E-state index < -0.39 is 51.5 Å². The van der Waals surface area contributed by atoms with Gasteiger partial charge in [-0.2, -0.15) is 0 Å². The van der Waals surface area contributed by atoms with E-state index in [1.807, 2.05) is 0 Å². The molecule has 0 N–H and O–H groups in total. The van der Waals surface area contributed by atoms with E-state index in [-0.39, 0.29) is 33.7 Å². The molecule has 3 heteroatoms. The predicted molar refractivity (Wildman–Crippen MR) is 148 cm³/mol. The van der Waals surface area contributed by atoms with Crippen LogP contribution in [0.5, 0.6) is 0 Å². The molecule has 3 nitrogen and oxygen atoms in total. The highest BCUT2D eigenvalue weighted by molar-refractivity contribution is 6.10. The van der Waals surface area contributed by atoms with Crippen LogP contribution in [0, 0.1) is 13.8 Å². The van der Waals surface area contributed by atoms with E-state index in [0.717, 1.165) is 6.92 Å². The van der Waals surface area contributed by atoms with Gasteiger partial charge in [0.25, 0.3) is 0 Å². The molecule has 2 unspecified atom stereocenters. The summed E-state index contributed by atoms with van der Waals surface area (Å²) < 4.78 is 133. The molecule has 0 bridgehead atoms. The van der Waals surface area contributed by atoms with E-state index in [2.05, 4.69) is 0 Å². The van der Waals surface area contributed by atoms with E-state index >= 15 is 0 Å². The van der Waals surface area contributed by atoms with Gasteiger partial charge in [-0.15, -0.1) is 0 Å². The van der Waals surface area contributed by atoms with Crippen molar-refractivity contribution in [2.24, 2.45) is 7.05 Å². The number of nitrogens with zero attached hydrogens (tertiary/aromatic N) is 2. The third-order valence-electron chi connectivity index (χ3n) is 7.34. The number of furan rings is 1. The summed E-state index contributed by atoms with van der Waals surface area (Å²) in [6.07, 6.45) is -2.61.